The number of esters is 4. The molecule has 10 nitrogen and oxygen atoms in total. The van der Waals surface area contributed by atoms with E-state index < -0.39 is 54.6 Å². The quantitative estimate of drug-likeness (QED) is 0.348. The van der Waals surface area contributed by atoms with Gasteiger partial charge in [-0.1, -0.05) is 6.08 Å². The lowest BCUT2D eigenvalue weighted by atomic mass is 9.98. The molecule has 1 heterocycles. The minimum absolute atomic E-state index is 0.298. The Hall–Kier alpha value is -2.62. The summed E-state index contributed by atoms with van der Waals surface area (Å²) in [4.78, 5) is 45.8. The van der Waals surface area contributed by atoms with E-state index in [1.54, 1.807) is 13.0 Å². The van der Waals surface area contributed by atoms with Crippen LogP contribution in [0.3, 0.4) is 0 Å². The minimum Gasteiger partial charge on any atom is -0.469 e. The summed E-state index contributed by atoms with van der Waals surface area (Å²) in [5.74, 6) is -2.66. The highest BCUT2D eigenvalue weighted by atomic mass is 16.7. The molecule has 1 saturated heterocycles. The summed E-state index contributed by atoms with van der Waals surface area (Å²) < 4.78 is 31.7. The van der Waals surface area contributed by atoms with Crippen molar-refractivity contribution in [2.75, 3.05) is 6.61 Å². The van der Waals surface area contributed by atoms with E-state index >= 15 is 0 Å². The van der Waals surface area contributed by atoms with Gasteiger partial charge in [-0.2, -0.15) is 0 Å². The summed E-state index contributed by atoms with van der Waals surface area (Å²) >= 11 is 0. The van der Waals surface area contributed by atoms with E-state index in [0.717, 1.165) is 20.8 Å². The zero-order valence-electron chi connectivity index (χ0n) is 15.8. The van der Waals surface area contributed by atoms with Crippen molar-refractivity contribution in [2.45, 2.75) is 65.3 Å². The Morgan fingerprint density at radius 1 is 0.815 bits per heavy atom. The molecular formula is C17H24O10. The van der Waals surface area contributed by atoms with Gasteiger partial charge in [0.2, 0.25) is 12.4 Å². The maximum absolute atomic E-state index is 11.6. The Morgan fingerprint density at radius 3 is 1.81 bits per heavy atom. The average molecular weight is 388 g/mol. The fourth-order valence-corrected chi connectivity index (χ4v) is 2.45. The lowest BCUT2D eigenvalue weighted by Crippen LogP contribution is -2.62. The molecule has 0 unspecified atom stereocenters. The van der Waals surface area contributed by atoms with E-state index in [9.17, 15) is 19.2 Å². The van der Waals surface area contributed by atoms with Crippen LogP contribution in [0.5, 0.6) is 0 Å². The molecule has 0 bridgehead atoms. The number of rotatable bonds is 7. The Morgan fingerprint density at radius 2 is 1.33 bits per heavy atom. The van der Waals surface area contributed by atoms with Crippen LogP contribution in [-0.4, -0.2) is 61.2 Å². The van der Waals surface area contributed by atoms with Gasteiger partial charge in [-0.15, -0.1) is 0 Å². The molecular weight excluding hydrogens is 364 g/mol. The van der Waals surface area contributed by atoms with E-state index in [1.807, 2.05) is 0 Å². The minimum atomic E-state index is -1.24. The van der Waals surface area contributed by atoms with Crippen molar-refractivity contribution in [3.8, 4) is 0 Å². The van der Waals surface area contributed by atoms with Crippen LogP contribution in [-0.2, 0) is 47.6 Å². The summed E-state index contributed by atoms with van der Waals surface area (Å²) in [5.41, 5.74) is 0. The van der Waals surface area contributed by atoms with Gasteiger partial charge >= 0.3 is 23.9 Å². The van der Waals surface area contributed by atoms with E-state index in [-0.39, 0.29) is 6.61 Å². The fraction of sp³-hybridized carbons (Fsp3) is 0.647. The smallest absolute Gasteiger partial charge is 0.303 e. The SMILES string of the molecule is C/C=C/O[C@@H]1O[C@H](COC(C)=O)[C@@H](OC(C)=O)[C@H](OC(C)=O)[C@H]1OC(C)=O. The molecule has 0 radical (unpaired) electrons. The number of carbonyl (C=O) groups is 4. The van der Waals surface area contributed by atoms with Crippen molar-refractivity contribution < 1.29 is 47.6 Å². The first kappa shape index (κ1) is 22.4. The number of allylic oxidation sites excluding steroid dienone is 1. The maximum atomic E-state index is 11.6. The monoisotopic (exact) mass is 388 g/mol. The molecule has 0 aliphatic carbocycles. The zero-order chi connectivity index (χ0) is 20.6. The standard InChI is InChI=1S/C17H24O10/c1-6-7-22-17-16(26-12(5)21)15(25-11(4)20)14(24-10(3)19)13(27-17)8-23-9(2)18/h6-7,13-17H,8H2,1-5H3/b7-6+/t13-,14-,15+,16-,17-/m1/s1. The molecule has 1 aliphatic heterocycles. The van der Waals surface area contributed by atoms with E-state index in [4.69, 9.17) is 28.4 Å². The average Bonchev–Trinajstić information content (AvgIpc) is 2.54. The Balaban J connectivity index is 3.26. The van der Waals surface area contributed by atoms with Crippen LogP contribution in [0, 0.1) is 0 Å². The first-order chi connectivity index (χ1) is 12.6. The number of hydrogen-bond donors (Lipinski definition) is 0. The van der Waals surface area contributed by atoms with E-state index in [2.05, 4.69) is 0 Å². The zero-order valence-corrected chi connectivity index (χ0v) is 15.8. The third-order valence-electron chi connectivity index (χ3n) is 3.30. The van der Waals surface area contributed by atoms with Crippen LogP contribution in [0.1, 0.15) is 34.6 Å². The summed E-state index contributed by atoms with van der Waals surface area (Å²) in [5, 5.41) is 0. The van der Waals surface area contributed by atoms with Crippen molar-refractivity contribution in [3.63, 3.8) is 0 Å². The van der Waals surface area contributed by atoms with Crippen molar-refractivity contribution in [1.82, 2.24) is 0 Å². The molecule has 0 saturated carbocycles. The number of ether oxygens (including phenoxy) is 6. The highest BCUT2D eigenvalue weighted by Crippen LogP contribution is 2.30. The topological polar surface area (TPSA) is 124 Å². The molecule has 0 N–H and O–H groups in total. The van der Waals surface area contributed by atoms with Gasteiger partial charge in [-0.3, -0.25) is 19.2 Å². The van der Waals surface area contributed by atoms with Crippen molar-refractivity contribution >= 4 is 23.9 Å². The second-order valence-corrected chi connectivity index (χ2v) is 5.67. The van der Waals surface area contributed by atoms with Gasteiger partial charge in [0.05, 0.1) is 6.26 Å². The fourth-order valence-electron chi connectivity index (χ4n) is 2.45. The molecule has 1 rings (SSSR count). The van der Waals surface area contributed by atoms with E-state index in [1.165, 1.54) is 13.2 Å². The molecule has 1 aliphatic rings. The van der Waals surface area contributed by atoms with Crippen LogP contribution < -0.4 is 0 Å². The highest BCUT2D eigenvalue weighted by molar-refractivity contribution is 5.68. The van der Waals surface area contributed by atoms with Crippen LogP contribution in [0.15, 0.2) is 12.3 Å². The van der Waals surface area contributed by atoms with Crippen molar-refractivity contribution in [2.24, 2.45) is 0 Å². The Bertz CT molecular complexity index is 584. The predicted octanol–water partition coefficient (Wildman–Crippen LogP) is 0.620. The molecule has 10 heteroatoms. The van der Waals surface area contributed by atoms with Crippen molar-refractivity contribution in [1.29, 1.82) is 0 Å². The van der Waals surface area contributed by atoms with Crippen LogP contribution in [0.4, 0.5) is 0 Å². The van der Waals surface area contributed by atoms with Gasteiger partial charge in [0, 0.05) is 27.7 Å². The second kappa shape index (κ2) is 10.5. The Kier molecular flexibility index (Phi) is 8.73. The molecule has 0 aromatic heterocycles. The van der Waals surface area contributed by atoms with Crippen LogP contribution in [0.2, 0.25) is 0 Å². The number of hydrogen-bond acceptors (Lipinski definition) is 10. The van der Waals surface area contributed by atoms with Crippen LogP contribution in [0.25, 0.3) is 0 Å². The van der Waals surface area contributed by atoms with Gasteiger partial charge in [0.25, 0.3) is 0 Å². The summed E-state index contributed by atoms with van der Waals surface area (Å²) in [6.45, 7) is 6.04. The Labute approximate surface area is 156 Å². The van der Waals surface area contributed by atoms with E-state index in [0.29, 0.717) is 0 Å². The van der Waals surface area contributed by atoms with Crippen molar-refractivity contribution in [3.05, 3.63) is 12.3 Å². The predicted molar refractivity (Wildman–Crippen MR) is 87.9 cm³/mol. The lowest BCUT2D eigenvalue weighted by Gasteiger charge is -2.43. The normalized spacial score (nSPS) is 27.5. The highest BCUT2D eigenvalue weighted by Gasteiger charge is 2.53. The molecule has 5 atom stereocenters. The first-order valence-corrected chi connectivity index (χ1v) is 8.22. The first-order valence-electron chi connectivity index (χ1n) is 8.22. The molecule has 152 valence electrons. The summed E-state index contributed by atoms with van der Waals surface area (Å²) in [6.07, 6.45) is -3.01. The molecule has 0 spiro atoms. The van der Waals surface area contributed by atoms with Gasteiger partial charge in [-0.25, -0.2) is 0 Å². The number of carbonyl (C=O) groups excluding carboxylic acids is 4. The van der Waals surface area contributed by atoms with Gasteiger partial charge in [-0.05, 0) is 6.92 Å². The summed E-state index contributed by atoms with van der Waals surface area (Å²) in [7, 11) is 0. The molecule has 0 aromatic carbocycles. The van der Waals surface area contributed by atoms with Gasteiger partial charge < -0.3 is 28.4 Å². The van der Waals surface area contributed by atoms with Crippen LogP contribution >= 0.6 is 0 Å². The van der Waals surface area contributed by atoms with Gasteiger partial charge in [0.15, 0.2) is 12.2 Å². The van der Waals surface area contributed by atoms with Gasteiger partial charge in [0.1, 0.15) is 12.7 Å². The second-order valence-electron chi connectivity index (χ2n) is 5.67. The summed E-state index contributed by atoms with van der Waals surface area (Å²) in [6, 6.07) is 0. The lowest BCUT2D eigenvalue weighted by molar-refractivity contribution is -0.297. The molecule has 27 heavy (non-hydrogen) atoms. The molecule has 1 fully saturated rings. The molecule has 0 aromatic rings. The third-order valence-corrected chi connectivity index (χ3v) is 3.30. The third kappa shape index (κ3) is 7.26. The molecule has 0 amide bonds. The maximum Gasteiger partial charge on any atom is 0.303 e. The largest absolute Gasteiger partial charge is 0.469 e.